The molecule has 0 unspecified atom stereocenters. The van der Waals surface area contributed by atoms with Gasteiger partial charge in [-0.3, -0.25) is 4.79 Å². The molecule has 1 N–H and O–H groups in total. The minimum absolute atomic E-state index is 0.106. The van der Waals surface area contributed by atoms with Gasteiger partial charge in [0.1, 0.15) is 5.75 Å². The number of carbonyl (C=O) groups excluding carboxylic acids is 1. The summed E-state index contributed by atoms with van der Waals surface area (Å²) in [7, 11) is 1.63. The van der Waals surface area contributed by atoms with Crippen LogP contribution in [0.3, 0.4) is 0 Å². The Morgan fingerprint density at radius 1 is 1.16 bits per heavy atom. The molecule has 0 atom stereocenters. The van der Waals surface area contributed by atoms with E-state index in [0.717, 1.165) is 34.0 Å². The van der Waals surface area contributed by atoms with Crippen molar-refractivity contribution >= 4 is 17.2 Å². The maximum Gasteiger partial charge on any atom is 0.251 e. The van der Waals surface area contributed by atoms with Crippen LogP contribution in [0.5, 0.6) is 5.75 Å². The Morgan fingerprint density at radius 3 is 2.60 bits per heavy atom. The van der Waals surface area contributed by atoms with Crippen LogP contribution in [0.2, 0.25) is 0 Å². The number of nitrogens with zero attached hydrogens (tertiary/aromatic N) is 1. The molecule has 1 aromatic heterocycles. The Labute approximate surface area is 151 Å². The fourth-order valence-electron chi connectivity index (χ4n) is 2.52. The van der Waals surface area contributed by atoms with E-state index in [2.05, 4.69) is 22.6 Å². The highest BCUT2D eigenvalue weighted by atomic mass is 32.1. The highest BCUT2D eigenvalue weighted by Crippen LogP contribution is 2.22. The second kappa shape index (κ2) is 7.94. The minimum atomic E-state index is -0.106. The molecule has 0 saturated heterocycles. The van der Waals surface area contributed by atoms with Gasteiger partial charge in [-0.2, -0.15) is 0 Å². The molecule has 0 fully saturated rings. The molecule has 1 heterocycles. The molecule has 0 aliphatic heterocycles. The molecule has 3 aromatic rings. The third-order valence-electron chi connectivity index (χ3n) is 3.93. The molecular formula is C20H20N2O2S. The normalized spacial score (nSPS) is 10.5. The van der Waals surface area contributed by atoms with E-state index in [9.17, 15) is 4.79 Å². The third kappa shape index (κ3) is 4.06. The Bertz CT molecular complexity index is 856. The number of hydrogen-bond acceptors (Lipinski definition) is 4. The van der Waals surface area contributed by atoms with Crippen LogP contribution in [0.25, 0.3) is 11.3 Å². The molecule has 5 heteroatoms. The maximum absolute atomic E-state index is 12.4. The molecule has 1 amide bonds. The number of methoxy groups -OCH3 is 1. The molecular weight excluding hydrogens is 332 g/mol. The molecule has 0 aliphatic rings. The van der Waals surface area contributed by atoms with Crippen LogP contribution in [-0.2, 0) is 13.0 Å². The Balaban J connectivity index is 1.66. The van der Waals surface area contributed by atoms with Crippen molar-refractivity contribution in [2.45, 2.75) is 19.9 Å². The van der Waals surface area contributed by atoms with Crippen LogP contribution in [0, 0.1) is 0 Å². The first-order valence-corrected chi connectivity index (χ1v) is 9.04. The number of para-hydroxylation sites is 1. The first kappa shape index (κ1) is 17.2. The van der Waals surface area contributed by atoms with Crippen molar-refractivity contribution in [1.82, 2.24) is 10.3 Å². The van der Waals surface area contributed by atoms with Crippen LogP contribution in [0.4, 0.5) is 0 Å². The fraction of sp³-hybridized carbons (Fsp3) is 0.200. The van der Waals surface area contributed by atoms with Gasteiger partial charge in [0.05, 0.1) is 17.8 Å². The first-order chi connectivity index (χ1) is 12.2. The predicted octanol–water partition coefficient (Wildman–Crippen LogP) is 4.31. The molecule has 25 heavy (non-hydrogen) atoms. The van der Waals surface area contributed by atoms with Crippen molar-refractivity contribution in [2.24, 2.45) is 0 Å². The van der Waals surface area contributed by atoms with Crippen LogP contribution < -0.4 is 10.1 Å². The molecule has 0 spiro atoms. The van der Waals surface area contributed by atoms with E-state index < -0.39 is 0 Å². The second-order valence-electron chi connectivity index (χ2n) is 5.55. The lowest BCUT2D eigenvalue weighted by Crippen LogP contribution is -2.22. The Hall–Kier alpha value is -2.66. The SMILES string of the molecule is CCc1nc(-c2ccc(C(=O)NCc3ccccc3OC)cc2)cs1. The largest absolute Gasteiger partial charge is 0.496 e. The zero-order valence-electron chi connectivity index (χ0n) is 14.3. The van der Waals surface area contributed by atoms with E-state index in [-0.39, 0.29) is 5.91 Å². The summed E-state index contributed by atoms with van der Waals surface area (Å²) in [6, 6.07) is 15.2. The quantitative estimate of drug-likeness (QED) is 0.719. The Morgan fingerprint density at radius 2 is 1.92 bits per heavy atom. The van der Waals surface area contributed by atoms with Gasteiger partial charge in [-0.25, -0.2) is 4.98 Å². The van der Waals surface area contributed by atoms with Gasteiger partial charge in [-0.15, -0.1) is 11.3 Å². The van der Waals surface area contributed by atoms with E-state index in [1.165, 1.54) is 0 Å². The van der Waals surface area contributed by atoms with Crippen LogP contribution in [-0.4, -0.2) is 18.0 Å². The van der Waals surface area contributed by atoms with Gasteiger partial charge >= 0.3 is 0 Å². The lowest BCUT2D eigenvalue weighted by molar-refractivity contribution is 0.0950. The van der Waals surface area contributed by atoms with Crippen molar-refractivity contribution in [3.8, 4) is 17.0 Å². The van der Waals surface area contributed by atoms with E-state index in [4.69, 9.17) is 4.74 Å². The summed E-state index contributed by atoms with van der Waals surface area (Å²) in [4.78, 5) is 16.9. The monoisotopic (exact) mass is 352 g/mol. The average molecular weight is 352 g/mol. The minimum Gasteiger partial charge on any atom is -0.496 e. The summed E-state index contributed by atoms with van der Waals surface area (Å²) in [5.41, 5.74) is 3.56. The maximum atomic E-state index is 12.4. The van der Waals surface area contributed by atoms with E-state index >= 15 is 0 Å². The van der Waals surface area contributed by atoms with Crippen LogP contribution >= 0.6 is 11.3 Å². The smallest absolute Gasteiger partial charge is 0.251 e. The molecule has 3 rings (SSSR count). The zero-order chi connectivity index (χ0) is 17.6. The lowest BCUT2D eigenvalue weighted by atomic mass is 10.1. The summed E-state index contributed by atoms with van der Waals surface area (Å²) in [6.07, 6.45) is 0.939. The van der Waals surface area contributed by atoms with Crippen molar-refractivity contribution in [1.29, 1.82) is 0 Å². The van der Waals surface area contributed by atoms with Crippen LogP contribution in [0.15, 0.2) is 53.9 Å². The zero-order valence-corrected chi connectivity index (χ0v) is 15.1. The van der Waals surface area contributed by atoms with E-state index in [0.29, 0.717) is 12.1 Å². The number of aryl methyl sites for hydroxylation is 1. The van der Waals surface area contributed by atoms with Crippen molar-refractivity contribution < 1.29 is 9.53 Å². The number of ether oxygens (including phenoxy) is 1. The molecule has 4 nitrogen and oxygen atoms in total. The van der Waals surface area contributed by atoms with Gasteiger partial charge in [0.15, 0.2) is 0 Å². The number of thiazole rings is 1. The number of amides is 1. The number of nitrogens with one attached hydrogen (secondary N) is 1. The fourth-order valence-corrected chi connectivity index (χ4v) is 3.28. The first-order valence-electron chi connectivity index (χ1n) is 8.16. The number of rotatable bonds is 6. The molecule has 0 radical (unpaired) electrons. The van der Waals surface area contributed by atoms with Gasteiger partial charge in [0.25, 0.3) is 5.91 Å². The molecule has 2 aromatic carbocycles. The summed E-state index contributed by atoms with van der Waals surface area (Å²) < 4.78 is 5.30. The van der Waals surface area contributed by atoms with Gasteiger partial charge in [0, 0.05) is 28.6 Å². The van der Waals surface area contributed by atoms with Gasteiger partial charge in [0.2, 0.25) is 0 Å². The van der Waals surface area contributed by atoms with Gasteiger partial charge < -0.3 is 10.1 Å². The number of carbonyl (C=O) groups is 1. The number of benzene rings is 2. The second-order valence-corrected chi connectivity index (χ2v) is 6.49. The average Bonchev–Trinajstić information content (AvgIpc) is 3.15. The highest BCUT2D eigenvalue weighted by molar-refractivity contribution is 7.09. The summed E-state index contributed by atoms with van der Waals surface area (Å²) in [5.74, 6) is 0.665. The third-order valence-corrected chi connectivity index (χ3v) is 4.92. The standard InChI is InChI=1S/C20H20N2O2S/c1-3-19-22-17(13-25-19)14-8-10-15(11-9-14)20(23)21-12-16-6-4-5-7-18(16)24-2/h4-11,13H,3,12H2,1-2H3,(H,21,23). The summed E-state index contributed by atoms with van der Waals surface area (Å²) in [6.45, 7) is 2.52. The van der Waals surface area contributed by atoms with Crippen molar-refractivity contribution in [2.75, 3.05) is 7.11 Å². The van der Waals surface area contributed by atoms with E-state index in [1.807, 2.05) is 48.5 Å². The molecule has 0 saturated carbocycles. The van der Waals surface area contributed by atoms with Gasteiger partial charge in [-0.1, -0.05) is 37.3 Å². The number of aromatic nitrogens is 1. The predicted molar refractivity (Wildman–Crippen MR) is 101 cm³/mol. The summed E-state index contributed by atoms with van der Waals surface area (Å²) in [5, 5.41) is 6.10. The highest BCUT2D eigenvalue weighted by Gasteiger charge is 2.09. The molecule has 0 bridgehead atoms. The van der Waals surface area contributed by atoms with E-state index in [1.54, 1.807) is 18.4 Å². The number of hydrogen-bond donors (Lipinski definition) is 1. The van der Waals surface area contributed by atoms with Crippen molar-refractivity contribution in [3.05, 3.63) is 70.0 Å². The summed E-state index contributed by atoms with van der Waals surface area (Å²) >= 11 is 1.66. The van der Waals surface area contributed by atoms with Crippen molar-refractivity contribution in [3.63, 3.8) is 0 Å². The molecule has 128 valence electrons. The van der Waals surface area contributed by atoms with Crippen LogP contribution in [0.1, 0.15) is 27.9 Å². The lowest BCUT2D eigenvalue weighted by Gasteiger charge is -2.09. The molecule has 0 aliphatic carbocycles. The Kier molecular flexibility index (Phi) is 5.46. The van der Waals surface area contributed by atoms with Gasteiger partial charge in [-0.05, 0) is 24.6 Å². The topological polar surface area (TPSA) is 51.2 Å².